The van der Waals surface area contributed by atoms with E-state index in [2.05, 4.69) is 11.9 Å². The predicted octanol–water partition coefficient (Wildman–Crippen LogP) is 4.07. The number of hydrogen-bond acceptors (Lipinski definition) is 7. The number of ketones is 1. The first kappa shape index (κ1) is 38.8. The second-order valence-electron chi connectivity index (χ2n) is 13.7. The fourth-order valence-electron chi connectivity index (χ4n) is 7.75. The number of rotatable bonds is 9. The van der Waals surface area contributed by atoms with Crippen molar-refractivity contribution in [3.8, 4) is 0 Å². The molecule has 11 nitrogen and oxygen atoms in total. The van der Waals surface area contributed by atoms with Crippen molar-refractivity contribution in [2.75, 3.05) is 13.7 Å². The maximum Gasteiger partial charge on any atom is 2.00 e. The van der Waals surface area contributed by atoms with E-state index < -0.39 is 29.4 Å². The molecule has 4 aliphatic rings. The first-order valence-electron chi connectivity index (χ1n) is 17.2. The number of Topliss-reactive ketones (excluding diaryl/α,β-unsaturated/α-hetero) is 1. The van der Waals surface area contributed by atoms with E-state index in [0.717, 1.165) is 16.7 Å². The van der Waals surface area contributed by atoms with Gasteiger partial charge in [-0.15, -0.1) is 27.8 Å². The maximum atomic E-state index is 14.2. The topological polar surface area (TPSA) is 163 Å². The Morgan fingerprint density at radius 3 is 2.48 bits per heavy atom. The van der Waals surface area contributed by atoms with Gasteiger partial charge in [0, 0.05) is 23.3 Å². The standard InChI is InChI=1S/C40H42N4O7.Mg/c1-9-23-20(5)27-15-28-21(6)24(11-12-32(46)51-14-13-19(3)4)36(42-28)34-35(39(48)50-8)38(47)33-22(7)31(43-37(33)34)17-40(49)26(10-2)25(18-45)30(44-40)16-29(23)41-27;/h9,13,15-18,21,24,35-36,49H,1,10-12,14H2,2-8H3;/q-4;+2/b28-15-,30-16-,31-17-;/t21-,24-,35+,36?,40-;/m0./s1. The number of aromatic nitrogens is 2. The molecule has 52 heavy (non-hydrogen) atoms. The van der Waals surface area contributed by atoms with E-state index in [4.69, 9.17) is 24.8 Å². The Labute approximate surface area is 319 Å². The third kappa shape index (κ3) is 6.45. The van der Waals surface area contributed by atoms with Gasteiger partial charge < -0.3 is 35.2 Å². The van der Waals surface area contributed by atoms with Crippen LogP contribution in [0.1, 0.15) is 85.4 Å². The fraction of sp³-hybridized carbons (Fsp3) is 0.400. The molecule has 1 saturated heterocycles. The number of aldehydes is 1. The molecule has 0 saturated carbocycles. The smallest absolute Gasteiger partial charge is 0.681 e. The van der Waals surface area contributed by atoms with Crippen LogP contribution in [0.25, 0.3) is 40.5 Å². The number of carbonyl (C=O) groups is 4. The van der Waals surface area contributed by atoms with Crippen molar-refractivity contribution in [1.82, 2.24) is 9.97 Å². The molecule has 0 spiro atoms. The summed E-state index contributed by atoms with van der Waals surface area (Å²) in [6.07, 6.45) is 9.97. The fourth-order valence-corrected chi connectivity index (χ4v) is 7.75. The molecule has 1 fully saturated rings. The average molecular weight is 715 g/mol. The number of esters is 2. The van der Waals surface area contributed by atoms with E-state index in [1.165, 1.54) is 13.2 Å². The van der Waals surface area contributed by atoms with Crippen LogP contribution in [0.5, 0.6) is 0 Å². The molecule has 0 amide bonds. The van der Waals surface area contributed by atoms with Gasteiger partial charge in [0.15, 0.2) is 5.78 Å². The second kappa shape index (κ2) is 14.9. The summed E-state index contributed by atoms with van der Waals surface area (Å²) < 4.78 is 10.6. The number of allylic oxidation sites excluding steroid dienone is 3. The molecule has 1 aliphatic carbocycles. The zero-order valence-corrected chi connectivity index (χ0v) is 32.1. The van der Waals surface area contributed by atoms with Crippen molar-refractivity contribution in [2.24, 2.45) is 17.8 Å². The monoisotopic (exact) mass is 714 g/mol. The Morgan fingerprint density at radius 1 is 1.12 bits per heavy atom. The molecule has 2 aromatic heterocycles. The Bertz CT molecular complexity index is 2130. The largest absolute Gasteiger partial charge is 2.00 e. The molecular formula is C40H42MgN4O7-2. The summed E-state index contributed by atoms with van der Waals surface area (Å²) in [6.45, 7) is 15.5. The van der Waals surface area contributed by atoms with Crippen LogP contribution in [0.4, 0.5) is 0 Å². The second-order valence-corrected chi connectivity index (χ2v) is 13.7. The van der Waals surface area contributed by atoms with Gasteiger partial charge in [-0.1, -0.05) is 73.0 Å². The van der Waals surface area contributed by atoms with Gasteiger partial charge in [0.25, 0.3) is 0 Å². The van der Waals surface area contributed by atoms with Gasteiger partial charge >= 0.3 is 35.0 Å². The number of methoxy groups -OCH3 is 1. The van der Waals surface area contributed by atoms with Crippen LogP contribution in [0.15, 0.2) is 40.8 Å². The van der Waals surface area contributed by atoms with E-state index in [1.54, 1.807) is 19.1 Å². The summed E-state index contributed by atoms with van der Waals surface area (Å²) in [6, 6.07) is -0.715. The SMILES string of the molecule is C=Cc1c2[n-]c(c1C)/C=C1\[N-]C(C3=c4[n-]/c(c(C)c4C(=O)[C@@H]3C(=O)OC)=C\[C@@]3(O)[N-]/C(=C\2)C(C=O)=C3CC)[C@@H](CCC(=O)OCC=C(C)C)[C@@H]1C.[Mg+2]. The summed E-state index contributed by atoms with van der Waals surface area (Å²) in [5.74, 6) is -3.39. The van der Waals surface area contributed by atoms with Crippen molar-refractivity contribution < 1.29 is 33.8 Å². The van der Waals surface area contributed by atoms with E-state index in [9.17, 15) is 24.3 Å². The quantitative estimate of drug-likeness (QED) is 0.133. The van der Waals surface area contributed by atoms with Crippen LogP contribution in [0.3, 0.4) is 0 Å². The molecule has 6 rings (SSSR count). The minimum absolute atomic E-state index is 0. The van der Waals surface area contributed by atoms with Crippen LogP contribution in [0.2, 0.25) is 0 Å². The van der Waals surface area contributed by atoms with Crippen molar-refractivity contribution in [2.45, 2.75) is 72.6 Å². The zero-order valence-electron chi connectivity index (χ0n) is 30.7. The molecule has 5 atom stereocenters. The summed E-state index contributed by atoms with van der Waals surface area (Å²) in [5.41, 5.74) is 4.45. The third-order valence-electron chi connectivity index (χ3n) is 10.5. The van der Waals surface area contributed by atoms with Crippen LogP contribution in [0, 0.1) is 31.6 Å². The summed E-state index contributed by atoms with van der Waals surface area (Å²) in [4.78, 5) is 62.8. The van der Waals surface area contributed by atoms with E-state index in [1.807, 2.05) is 46.8 Å². The molecular weight excluding hydrogens is 673 g/mol. The first-order valence-corrected chi connectivity index (χ1v) is 17.2. The van der Waals surface area contributed by atoms with Gasteiger partial charge in [-0.2, -0.15) is 5.70 Å². The molecule has 8 bridgehead atoms. The number of fused-ring (bicyclic) bond motifs is 8. The van der Waals surface area contributed by atoms with E-state index in [0.29, 0.717) is 63.6 Å². The molecule has 2 aromatic rings. The molecule has 3 aliphatic heterocycles. The molecule has 12 heteroatoms. The Hall–Kier alpha value is -4.39. The van der Waals surface area contributed by atoms with Crippen LogP contribution in [-0.2, 0) is 23.9 Å². The van der Waals surface area contributed by atoms with Crippen LogP contribution >= 0.6 is 0 Å². The average Bonchev–Trinajstić information content (AvgIpc) is 3.82. The van der Waals surface area contributed by atoms with E-state index >= 15 is 0 Å². The van der Waals surface area contributed by atoms with Gasteiger partial charge in [-0.05, 0) is 69.6 Å². The van der Waals surface area contributed by atoms with Gasteiger partial charge in [-0.3, -0.25) is 19.2 Å². The van der Waals surface area contributed by atoms with Crippen molar-refractivity contribution in [3.05, 3.63) is 95.7 Å². The summed E-state index contributed by atoms with van der Waals surface area (Å²) in [7, 11) is 1.23. The minimum Gasteiger partial charge on any atom is -0.681 e. The van der Waals surface area contributed by atoms with Crippen molar-refractivity contribution in [3.63, 3.8) is 0 Å². The Morgan fingerprint density at radius 2 is 1.85 bits per heavy atom. The van der Waals surface area contributed by atoms with Crippen molar-refractivity contribution >= 4 is 76.9 Å². The molecule has 5 heterocycles. The number of ether oxygens (including phenoxy) is 2. The Balaban J connectivity index is 0.00000523. The zero-order chi connectivity index (χ0) is 36.9. The number of aliphatic hydroxyl groups is 1. The van der Waals surface area contributed by atoms with Gasteiger partial charge in [0.2, 0.25) is 0 Å². The summed E-state index contributed by atoms with van der Waals surface area (Å²) >= 11 is 0. The van der Waals surface area contributed by atoms with Gasteiger partial charge in [0.1, 0.15) is 18.8 Å². The maximum absolute atomic E-state index is 14.2. The summed E-state index contributed by atoms with van der Waals surface area (Å²) in [5, 5.41) is 22.5. The van der Waals surface area contributed by atoms with Gasteiger partial charge in [-0.25, -0.2) is 0 Å². The molecule has 1 N–H and O–H groups in total. The third-order valence-corrected chi connectivity index (χ3v) is 10.5. The predicted molar refractivity (Wildman–Crippen MR) is 199 cm³/mol. The minimum atomic E-state index is -1.94. The molecule has 1 unspecified atom stereocenters. The van der Waals surface area contributed by atoms with Crippen molar-refractivity contribution in [1.29, 1.82) is 0 Å². The molecule has 0 aromatic carbocycles. The number of carbonyl (C=O) groups excluding carboxylic acids is 4. The van der Waals surface area contributed by atoms with Crippen LogP contribution < -0.4 is 20.7 Å². The van der Waals surface area contributed by atoms with Gasteiger partial charge in [0.05, 0.1) is 7.11 Å². The van der Waals surface area contributed by atoms with Crippen LogP contribution in [-0.4, -0.2) is 77.7 Å². The number of nitrogens with zero attached hydrogens (tertiary/aromatic N) is 4. The molecule has 268 valence electrons. The number of hydrogen-bond donors (Lipinski definition) is 1. The first-order chi connectivity index (χ1) is 24.3. The molecule has 0 radical (unpaired) electrons. The van der Waals surface area contributed by atoms with E-state index in [-0.39, 0.29) is 70.7 Å². The normalized spacial score (nSPS) is 26.8. The Kier molecular flexibility index (Phi) is 11.1.